The van der Waals surface area contributed by atoms with Gasteiger partial charge in [0.15, 0.2) is 0 Å². The van der Waals surface area contributed by atoms with E-state index in [2.05, 4.69) is 60.2 Å². The molecule has 0 amide bonds. The molecule has 3 heteroatoms. The summed E-state index contributed by atoms with van der Waals surface area (Å²) in [5, 5.41) is 4.51. The summed E-state index contributed by atoms with van der Waals surface area (Å²) in [7, 11) is 0. The van der Waals surface area contributed by atoms with Crippen LogP contribution in [0.3, 0.4) is 0 Å². The average molecular weight is 282 g/mol. The summed E-state index contributed by atoms with van der Waals surface area (Å²) < 4.78 is 6.82. The molecule has 0 aliphatic carbocycles. The summed E-state index contributed by atoms with van der Waals surface area (Å²) in [4.78, 5) is 0. The Morgan fingerprint density at radius 3 is 2.75 bits per heavy atom. The topological polar surface area (TPSA) is 25.2 Å². The van der Waals surface area contributed by atoms with Crippen LogP contribution < -0.4 is 5.32 Å². The molecule has 0 saturated heterocycles. The molecule has 2 aromatic rings. The van der Waals surface area contributed by atoms with Crippen LogP contribution in [-0.4, -0.2) is 6.04 Å². The minimum Gasteiger partial charge on any atom is -0.459 e. The molecule has 0 bridgehead atoms. The van der Waals surface area contributed by atoms with Gasteiger partial charge in [-0.05, 0) is 46.6 Å². The lowest BCUT2D eigenvalue weighted by Gasteiger charge is -2.04. The number of hydrogen-bond acceptors (Lipinski definition) is 2. The molecular formula is C13H16BrNO. The first-order chi connectivity index (χ1) is 7.56. The van der Waals surface area contributed by atoms with Gasteiger partial charge in [-0.25, -0.2) is 0 Å². The minimum atomic E-state index is 0.471. The Labute approximate surface area is 104 Å². The fourth-order valence-corrected chi connectivity index (χ4v) is 2.37. The smallest absolute Gasteiger partial charge is 0.148 e. The van der Waals surface area contributed by atoms with E-state index in [4.69, 9.17) is 4.42 Å². The molecular weight excluding hydrogens is 266 g/mol. The van der Waals surface area contributed by atoms with Crippen LogP contribution in [0.25, 0.3) is 11.0 Å². The SMILES string of the molecule is Cc1cc(Br)c2oc(CNC(C)C)cc2c1. The molecule has 0 fully saturated rings. The molecule has 1 N–H and O–H groups in total. The predicted octanol–water partition coefficient (Wildman–Crippen LogP) is 4.00. The Morgan fingerprint density at radius 2 is 2.06 bits per heavy atom. The number of aryl methyl sites for hydroxylation is 1. The van der Waals surface area contributed by atoms with E-state index < -0.39 is 0 Å². The Bertz CT molecular complexity index is 502. The average Bonchev–Trinajstić information content (AvgIpc) is 2.57. The van der Waals surface area contributed by atoms with Crippen molar-refractivity contribution in [3.05, 3.63) is 34.0 Å². The first-order valence-corrected chi connectivity index (χ1v) is 6.27. The number of halogens is 1. The molecule has 1 heterocycles. The standard InChI is InChI=1S/C13H16BrNO/c1-8(2)15-7-11-6-10-4-9(3)5-12(14)13(10)16-11/h4-6,8,15H,7H2,1-3H3. The molecule has 0 saturated carbocycles. The number of fused-ring (bicyclic) bond motifs is 1. The summed E-state index contributed by atoms with van der Waals surface area (Å²) in [5.74, 6) is 0.981. The van der Waals surface area contributed by atoms with Crippen molar-refractivity contribution in [1.29, 1.82) is 0 Å². The number of hydrogen-bond donors (Lipinski definition) is 1. The largest absolute Gasteiger partial charge is 0.459 e. The van der Waals surface area contributed by atoms with Crippen molar-refractivity contribution in [3.63, 3.8) is 0 Å². The quantitative estimate of drug-likeness (QED) is 0.920. The molecule has 0 spiro atoms. The molecule has 0 atom stereocenters. The molecule has 86 valence electrons. The normalized spacial score (nSPS) is 11.6. The van der Waals surface area contributed by atoms with Crippen molar-refractivity contribution in [2.24, 2.45) is 0 Å². The van der Waals surface area contributed by atoms with E-state index in [9.17, 15) is 0 Å². The van der Waals surface area contributed by atoms with Gasteiger partial charge in [0.05, 0.1) is 11.0 Å². The first kappa shape index (κ1) is 11.7. The van der Waals surface area contributed by atoms with E-state index in [1.54, 1.807) is 0 Å². The van der Waals surface area contributed by atoms with E-state index in [1.165, 1.54) is 5.56 Å². The van der Waals surface area contributed by atoms with Gasteiger partial charge in [0.2, 0.25) is 0 Å². The van der Waals surface area contributed by atoms with Crippen molar-refractivity contribution in [2.75, 3.05) is 0 Å². The second-order valence-electron chi connectivity index (χ2n) is 4.41. The Balaban J connectivity index is 2.33. The monoisotopic (exact) mass is 281 g/mol. The van der Waals surface area contributed by atoms with E-state index in [-0.39, 0.29) is 0 Å². The molecule has 2 nitrogen and oxygen atoms in total. The maximum atomic E-state index is 5.79. The van der Waals surface area contributed by atoms with Crippen molar-refractivity contribution < 1.29 is 4.42 Å². The van der Waals surface area contributed by atoms with Gasteiger partial charge < -0.3 is 9.73 Å². The molecule has 1 aromatic carbocycles. The van der Waals surface area contributed by atoms with Crippen LogP contribution in [-0.2, 0) is 6.54 Å². The summed E-state index contributed by atoms with van der Waals surface area (Å²) >= 11 is 3.53. The summed E-state index contributed by atoms with van der Waals surface area (Å²) in [6.07, 6.45) is 0. The zero-order valence-electron chi connectivity index (χ0n) is 9.80. The third-order valence-electron chi connectivity index (χ3n) is 2.45. The fourth-order valence-electron chi connectivity index (χ4n) is 1.70. The minimum absolute atomic E-state index is 0.471. The lowest BCUT2D eigenvalue weighted by atomic mass is 10.2. The Morgan fingerprint density at radius 1 is 1.31 bits per heavy atom. The zero-order valence-corrected chi connectivity index (χ0v) is 11.4. The van der Waals surface area contributed by atoms with Crippen molar-refractivity contribution in [1.82, 2.24) is 5.32 Å². The van der Waals surface area contributed by atoms with Gasteiger partial charge in [-0.2, -0.15) is 0 Å². The van der Waals surface area contributed by atoms with Gasteiger partial charge in [-0.3, -0.25) is 0 Å². The van der Waals surface area contributed by atoms with Gasteiger partial charge >= 0.3 is 0 Å². The van der Waals surface area contributed by atoms with Gasteiger partial charge in [-0.1, -0.05) is 13.8 Å². The molecule has 0 radical (unpaired) electrons. The van der Waals surface area contributed by atoms with E-state index in [0.717, 1.165) is 27.7 Å². The first-order valence-electron chi connectivity index (χ1n) is 5.48. The predicted molar refractivity (Wildman–Crippen MR) is 70.6 cm³/mol. The highest BCUT2D eigenvalue weighted by Crippen LogP contribution is 2.28. The summed E-state index contributed by atoms with van der Waals surface area (Å²) in [6.45, 7) is 7.12. The number of furan rings is 1. The van der Waals surface area contributed by atoms with Crippen LogP contribution in [0.1, 0.15) is 25.2 Å². The van der Waals surface area contributed by atoms with Crippen LogP contribution in [0, 0.1) is 6.92 Å². The van der Waals surface area contributed by atoms with E-state index in [0.29, 0.717) is 6.04 Å². The lowest BCUT2D eigenvalue weighted by Crippen LogP contribution is -2.21. The van der Waals surface area contributed by atoms with Crippen LogP contribution in [0.15, 0.2) is 27.1 Å². The van der Waals surface area contributed by atoms with Crippen LogP contribution in [0.5, 0.6) is 0 Å². The third-order valence-corrected chi connectivity index (χ3v) is 3.04. The van der Waals surface area contributed by atoms with Crippen molar-refractivity contribution in [3.8, 4) is 0 Å². The van der Waals surface area contributed by atoms with Crippen molar-refractivity contribution in [2.45, 2.75) is 33.4 Å². The van der Waals surface area contributed by atoms with Crippen LogP contribution in [0.2, 0.25) is 0 Å². The van der Waals surface area contributed by atoms with Gasteiger partial charge in [0.1, 0.15) is 11.3 Å². The second kappa shape index (κ2) is 4.60. The lowest BCUT2D eigenvalue weighted by molar-refractivity contribution is 0.487. The van der Waals surface area contributed by atoms with Crippen LogP contribution in [0.4, 0.5) is 0 Å². The Hall–Kier alpha value is -0.800. The maximum Gasteiger partial charge on any atom is 0.148 e. The summed E-state index contributed by atoms with van der Waals surface area (Å²) in [6, 6.07) is 6.79. The Kier molecular flexibility index (Phi) is 3.36. The fraction of sp³-hybridized carbons (Fsp3) is 0.385. The van der Waals surface area contributed by atoms with Crippen molar-refractivity contribution >= 4 is 26.9 Å². The second-order valence-corrected chi connectivity index (χ2v) is 5.27. The van der Waals surface area contributed by atoms with E-state index >= 15 is 0 Å². The number of rotatable bonds is 3. The molecule has 2 rings (SSSR count). The summed E-state index contributed by atoms with van der Waals surface area (Å²) in [5.41, 5.74) is 2.18. The van der Waals surface area contributed by atoms with Gasteiger partial charge in [-0.15, -0.1) is 0 Å². The molecule has 1 aromatic heterocycles. The maximum absolute atomic E-state index is 5.79. The van der Waals surface area contributed by atoms with E-state index in [1.807, 2.05) is 0 Å². The highest BCUT2D eigenvalue weighted by atomic mass is 79.9. The number of benzene rings is 1. The molecule has 0 aliphatic heterocycles. The molecule has 0 aliphatic rings. The highest BCUT2D eigenvalue weighted by Gasteiger charge is 2.07. The molecule has 16 heavy (non-hydrogen) atoms. The van der Waals surface area contributed by atoms with Crippen LogP contribution >= 0.6 is 15.9 Å². The molecule has 0 unspecified atom stereocenters. The van der Waals surface area contributed by atoms with Gasteiger partial charge in [0.25, 0.3) is 0 Å². The third kappa shape index (κ3) is 2.47. The van der Waals surface area contributed by atoms with Gasteiger partial charge in [0, 0.05) is 11.4 Å². The highest BCUT2D eigenvalue weighted by molar-refractivity contribution is 9.10. The number of nitrogens with one attached hydrogen (secondary N) is 1. The zero-order chi connectivity index (χ0) is 11.7.